The Kier molecular flexibility index (Phi) is 3.23. The smallest absolute Gasteiger partial charge is 0.0876 e. The zero-order chi connectivity index (χ0) is 9.14. The lowest BCUT2D eigenvalue weighted by Gasteiger charge is -2.25. The zero-order valence-corrected chi connectivity index (χ0v) is 7.88. The summed E-state index contributed by atoms with van der Waals surface area (Å²) in [5.41, 5.74) is 0.854. The minimum atomic E-state index is 0.0690. The van der Waals surface area contributed by atoms with Gasteiger partial charge >= 0.3 is 0 Å². The predicted octanol–water partition coefficient (Wildman–Crippen LogP) is 1.58. The van der Waals surface area contributed by atoms with Crippen LogP contribution >= 0.6 is 0 Å². The van der Waals surface area contributed by atoms with Crippen LogP contribution in [0, 0.1) is 0 Å². The Bertz CT molecular complexity index is 181. The summed E-state index contributed by atoms with van der Waals surface area (Å²) in [6.07, 6.45) is 1.62. The first kappa shape index (κ1) is 9.68. The Balaban J connectivity index is 2.70. The standard InChI is InChI=1S/C9H16FNO/c1-7(12-3)9-8(6-10)4-5-11(9)2/h6-7,9H,4-5H2,1-3H3/b8-6-/t7-,9+/m0/s1. The number of likely N-dealkylation sites (tertiary alicyclic amines) is 1. The predicted molar refractivity (Wildman–Crippen MR) is 46.7 cm³/mol. The Morgan fingerprint density at radius 1 is 1.75 bits per heavy atom. The highest BCUT2D eigenvalue weighted by molar-refractivity contribution is 5.15. The van der Waals surface area contributed by atoms with Gasteiger partial charge in [0.25, 0.3) is 0 Å². The number of nitrogens with zero attached hydrogens (tertiary/aromatic N) is 1. The molecule has 0 radical (unpaired) electrons. The second-order valence-corrected chi connectivity index (χ2v) is 3.30. The summed E-state index contributed by atoms with van der Waals surface area (Å²) in [4.78, 5) is 2.12. The molecule has 0 unspecified atom stereocenters. The van der Waals surface area contributed by atoms with E-state index < -0.39 is 0 Å². The van der Waals surface area contributed by atoms with Crippen LogP contribution in [-0.2, 0) is 4.74 Å². The van der Waals surface area contributed by atoms with Gasteiger partial charge in [0.1, 0.15) is 0 Å². The van der Waals surface area contributed by atoms with Gasteiger partial charge in [0.15, 0.2) is 0 Å². The third-order valence-corrected chi connectivity index (χ3v) is 2.56. The monoisotopic (exact) mass is 173 g/mol. The summed E-state index contributed by atoms with van der Waals surface area (Å²) in [5, 5.41) is 0. The van der Waals surface area contributed by atoms with Crippen LogP contribution in [0.4, 0.5) is 4.39 Å². The van der Waals surface area contributed by atoms with Crippen LogP contribution in [0.25, 0.3) is 0 Å². The number of likely N-dealkylation sites (N-methyl/N-ethyl adjacent to an activating group) is 1. The maximum atomic E-state index is 12.4. The normalized spacial score (nSPS) is 31.3. The van der Waals surface area contributed by atoms with Gasteiger partial charge in [-0.15, -0.1) is 0 Å². The molecule has 3 heteroatoms. The molecule has 0 saturated carbocycles. The van der Waals surface area contributed by atoms with Crippen molar-refractivity contribution in [2.75, 3.05) is 20.7 Å². The highest BCUT2D eigenvalue weighted by Crippen LogP contribution is 2.25. The fourth-order valence-electron chi connectivity index (χ4n) is 1.78. The lowest BCUT2D eigenvalue weighted by molar-refractivity contribution is 0.0641. The molecule has 0 aliphatic carbocycles. The Hall–Kier alpha value is -0.410. The molecule has 70 valence electrons. The Morgan fingerprint density at radius 3 is 2.92 bits per heavy atom. The van der Waals surface area contributed by atoms with Crippen molar-refractivity contribution in [1.29, 1.82) is 0 Å². The minimum absolute atomic E-state index is 0.0690. The highest BCUT2D eigenvalue weighted by Gasteiger charge is 2.30. The van der Waals surface area contributed by atoms with E-state index in [9.17, 15) is 4.39 Å². The van der Waals surface area contributed by atoms with Crippen molar-refractivity contribution in [3.8, 4) is 0 Å². The van der Waals surface area contributed by atoms with Crippen LogP contribution in [-0.4, -0.2) is 37.7 Å². The van der Waals surface area contributed by atoms with Crippen LogP contribution in [0.2, 0.25) is 0 Å². The molecule has 0 aromatic heterocycles. The van der Waals surface area contributed by atoms with Crippen LogP contribution in [0.3, 0.4) is 0 Å². The number of rotatable bonds is 2. The molecule has 1 aliphatic heterocycles. The largest absolute Gasteiger partial charge is 0.380 e. The zero-order valence-electron chi connectivity index (χ0n) is 7.88. The van der Waals surface area contributed by atoms with Gasteiger partial charge in [-0.2, -0.15) is 0 Å². The molecule has 1 aliphatic rings. The summed E-state index contributed by atoms with van der Waals surface area (Å²) >= 11 is 0. The van der Waals surface area contributed by atoms with Crippen LogP contribution in [0.5, 0.6) is 0 Å². The first-order valence-electron chi connectivity index (χ1n) is 4.23. The van der Waals surface area contributed by atoms with Gasteiger partial charge in [-0.3, -0.25) is 4.90 Å². The molecular weight excluding hydrogens is 157 g/mol. The molecule has 1 heterocycles. The molecule has 1 fully saturated rings. The van der Waals surface area contributed by atoms with Gasteiger partial charge in [-0.25, -0.2) is 4.39 Å². The van der Waals surface area contributed by atoms with Crippen LogP contribution < -0.4 is 0 Å². The molecule has 0 bridgehead atoms. The molecule has 2 atom stereocenters. The third kappa shape index (κ3) is 1.67. The van der Waals surface area contributed by atoms with E-state index >= 15 is 0 Å². The van der Waals surface area contributed by atoms with Gasteiger partial charge in [0.2, 0.25) is 0 Å². The van der Waals surface area contributed by atoms with Gasteiger partial charge in [-0.1, -0.05) is 0 Å². The number of ether oxygens (including phenoxy) is 1. The van der Waals surface area contributed by atoms with Crippen molar-refractivity contribution in [3.05, 3.63) is 11.9 Å². The Morgan fingerprint density at radius 2 is 2.42 bits per heavy atom. The first-order chi connectivity index (χ1) is 5.70. The summed E-state index contributed by atoms with van der Waals surface area (Å²) in [7, 11) is 3.66. The second-order valence-electron chi connectivity index (χ2n) is 3.30. The fraction of sp³-hybridized carbons (Fsp3) is 0.778. The molecule has 1 saturated heterocycles. The van der Waals surface area contributed by atoms with E-state index in [0.717, 1.165) is 24.9 Å². The molecule has 12 heavy (non-hydrogen) atoms. The lowest BCUT2D eigenvalue weighted by atomic mass is 10.1. The van der Waals surface area contributed by atoms with Crippen molar-refractivity contribution in [3.63, 3.8) is 0 Å². The van der Waals surface area contributed by atoms with Crippen molar-refractivity contribution >= 4 is 0 Å². The average Bonchev–Trinajstić information content (AvgIpc) is 2.45. The molecule has 0 aromatic rings. The average molecular weight is 173 g/mol. The van der Waals surface area contributed by atoms with Crippen LogP contribution in [0.15, 0.2) is 11.9 Å². The van der Waals surface area contributed by atoms with E-state index in [2.05, 4.69) is 4.90 Å². The number of methoxy groups -OCH3 is 1. The number of hydrogen-bond acceptors (Lipinski definition) is 2. The molecule has 0 spiro atoms. The second kappa shape index (κ2) is 4.01. The van der Waals surface area contributed by atoms with E-state index in [1.807, 2.05) is 14.0 Å². The fourth-order valence-corrected chi connectivity index (χ4v) is 1.78. The van der Waals surface area contributed by atoms with Crippen molar-refractivity contribution < 1.29 is 9.13 Å². The van der Waals surface area contributed by atoms with E-state index in [0.29, 0.717) is 0 Å². The van der Waals surface area contributed by atoms with Gasteiger partial charge in [0, 0.05) is 13.7 Å². The third-order valence-electron chi connectivity index (χ3n) is 2.56. The first-order valence-corrected chi connectivity index (χ1v) is 4.23. The quantitative estimate of drug-likeness (QED) is 0.628. The summed E-state index contributed by atoms with van der Waals surface area (Å²) < 4.78 is 17.6. The number of hydrogen-bond donors (Lipinski definition) is 0. The van der Waals surface area contributed by atoms with E-state index in [1.165, 1.54) is 0 Å². The molecule has 0 amide bonds. The maximum Gasteiger partial charge on any atom is 0.0876 e. The minimum Gasteiger partial charge on any atom is -0.380 e. The van der Waals surface area contributed by atoms with Crippen molar-refractivity contribution in [2.24, 2.45) is 0 Å². The Labute approximate surface area is 73.0 Å². The van der Waals surface area contributed by atoms with E-state index in [4.69, 9.17) is 4.74 Å². The topological polar surface area (TPSA) is 12.5 Å². The van der Waals surface area contributed by atoms with Crippen molar-refractivity contribution in [1.82, 2.24) is 4.90 Å². The van der Waals surface area contributed by atoms with E-state index in [1.54, 1.807) is 7.11 Å². The lowest BCUT2D eigenvalue weighted by Crippen LogP contribution is -2.36. The summed E-state index contributed by atoms with van der Waals surface area (Å²) in [5.74, 6) is 0. The van der Waals surface area contributed by atoms with Crippen molar-refractivity contribution in [2.45, 2.75) is 25.5 Å². The van der Waals surface area contributed by atoms with Gasteiger partial charge < -0.3 is 4.74 Å². The van der Waals surface area contributed by atoms with Gasteiger partial charge in [0.05, 0.1) is 18.5 Å². The molecule has 2 nitrogen and oxygen atoms in total. The molecule has 1 rings (SSSR count). The molecule has 0 aromatic carbocycles. The SMILES string of the molecule is CO[C@@H](C)[C@@H]1/C(=C\F)CCN1C. The van der Waals surface area contributed by atoms with Gasteiger partial charge in [-0.05, 0) is 26.0 Å². The van der Waals surface area contributed by atoms with E-state index in [-0.39, 0.29) is 12.1 Å². The summed E-state index contributed by atoms with van der Waals surface area (Å²) in [6, 6.07) is 0.125. The summed E-state index contributed by atoms with van der Waals surface area (Å²) in [6.45, 7) is 2.89. The molecule has 0 N–H and O–H groups in total. The molecular formula is C9H16FNO. The van der Waals surface area contributed by atoms with Crippen LogP contribution in [0.1, 0.15) is 13.3 Å². The highest BCUT2D eigenvalue weighted by atomic mass is 19.1. The maximum absolute atomic E-state index is 12.4. The number of halogens is 1.